The van der Waals surface area contributed by atoms with E-state index < -0.39 is 0 Å². The Bertz CT molecular complexity index is 1250. The summed E-state index contributed by atoms with van der Waals surface area (Å²) in [6, 6.07) is 23.7. The molecular formula is C27H27ClN4OS. The standard InChI is InChI=1S/C27H27ClN4OS/c1-4-19(3)20-9-13-23(14-10-20)29-25(33)17-34-27-31-30-26(21-7-11-22(28)12-8-21)32(27)24-15-5-18(2)6-16-24/h5-16,19H,4,17H2,1-3H3,(H,29,33)/t19-/m1/s1. The number of anilines is 1. The molecule has 0 aliphatic heterocycles. The monoisotopic (exact) mass is 490 g/mol. The van der Waals surface area contributed by atoms with E-state index in [9.17, 15) is 4.79 Å². The van der Waals surface area contributed by atoms with Gasteiger partial charge in [-0.05, 0) is 73.4 Å². The molecule has 1 heterocycles. The molecule has 174 valence electrons. The second-order valence-corrected chi connectivity index (χ2v) is 9.63. The van der Waals surface area contributed by atoms with Crippen molar-refractivity contribution in [3.63, 3.8) is 0 Å². The number of nitrogens with one attached hydrogen (secondary N) is 1. The fourth-order valence-electron chi connectivity index (χ4n) is 3.53. The van der Waals surface area contributed by atoms with E-state index in [1.165, 1.54) is 17.3 Å². The van der Waals surface area contributed by atoms with Gasteiger partial charge in [-0.25, -0.2) is 0 Å². The van der Waals surface area contributed by atoms with Gasteiger partial charge in [0.05, 0.1) is 5.75 Å². The van der Waals surface area contributed by atoms with E-state index in [0.29, 0.717) is 21.9 Å². The summed E-state index contributed by atoms with van der Waals surface area (Å²) in [4.78, 5) is 12.7. The summed E-state index contributed by atoms with van der Waals surface area (Å²) in [6.07, 6.45) is 1.09. The van der Waals surface area contributed by atoms with Crippen LogP contribution >= 0.6 is 23.4 Å². The Labute approximate surface area is 209 Å². The third-order valence-electron chi connectivity index (χ3n) is 5.74. The Balaban J connectivity index is 1.53. The van der Waals surface area contributed by atoms with Crippen molar-refractivity contribution in [3.05, 3.63) is 88.9 Å². The summed E-state index contributed by atoms with van der Waals surface area (Å²) in [5, 5.41) is 13.1. The van der Waals surface area contributed by atoms with Crippen LogP contribution in [0.4, 0.5) is 5.69 Å². The van der Waals surface area contributed by atoms with E-state index in [2.05, 4.69) is 41.5 Å². The molecule has 3 aromatic carbocycles. The number of rotatable bonds is 8. The van der Waals surface area contributed by atoms with Crippen LogP contribution in [0, 0.1) is 6.92 Å². The van der Waals surface area contributed by atoms with Crippen LogP contribution in [0.1, 0.15) is 37.3 Å². The third kappa shape index (κ3) is 5.69. The lowest BCUT2D eigenvalue weighted by atomic mass is 9.99. The van der Waals surface area contributed by atoms with Crippen LogP contribution in [0.2, 0.25) is 5.02 Å². The first-order valence-electron chi connectivity index (χ1n) is 11.3. The van der Waals surface area contributed by atoms with Crippen molar-refractivity contribution in [1.82, 2.24) is 14.8 Å². The van der Waals surface area contributed by atoms with E-state index >= 15 is 0 Å². The molecule has 0 fully saturated rings. The smallest absolute Gasteiger partial charge is 0.234 e. The van der Waals surface area contributed by atoms with Crippen molar-refractivity contribution < 1.29 is 4.79 Å². The average Bonchev–Trinajstić information content (AvgIpc) is 3.27. The number of hydrogen-bond acceptors (Lipinski definition) is 4. The third-order valence-corrected chi connectivity index (χ3v) is 6.92. The summed E-state index contributed by atoms with van der Waals surface area (Å²) in [5.41, 5.74) is 5.06. The van der Waals surface area contributed by atoms with Gasteiger partial charge in [0.15, 0.2) is 11.0 Å². The molecule has 0 unspecified atom stereocenters. The van der Waals surface area contributed by atoms with Gasteiger partial charge in [0, 0.05) is 22.0 Å². The fourth-order valence-corrected chi connectivity index (χ4v) is 4.41. The highest BCUT2D eigenvalue weighted by molar-refractivity contribution is 7.99. The number of hydrogen-bond donors (Lipinski definition) is 1. The maximum absolute atomic E-state index is 12.7. The molecule has 1 atom stereocenters. The van der Waals surface area contributed by atoms with Crippen molar-refractivity contribution in [2.75, 3.05) is 11.1 Å². The molecule has 5 nitrogen and oxygen atoms in total. The molecule has 0 bridgehead atoms. The predicted molar refractivity (Wildman–Crippen MR) is 141 cm³/mol. The Kier molecular flexibility index (Phi) is 7.70. The average molecular weight is 491 g/mol. The maximum Gasteiger partial charge on any atom is 0.234 e. The molecule has 4 rings (SSSR count). The van der Waals surface area contributed by atoms with Crippen LogP contribution in [0.15, 0.2) is 78.0 Å². The molecule has 0 aliphatic rings. The van der Waals surface area contributed by atoms with E-state index in [1.807, 2.05) is 72.2 Å². The van der Waals surface area contributed by atoms with Crippen LogP contribution in [0.5, 0.6) is 0 Å². The van der Waals surface area contributed by atoms with Crippen LogP contribution < -0.4 is 5.32 Å². The van der Waals surface area contributed by atoms with Gasteiger partial charge in [-0.1, -0.05) is 67.0 Å². The first-order chi connectivity index (χ1) is 16.4. The van der Waals surface area contributed by atoms with Gasteiger partial charge in [-0.15, -0.1) is 10.2 Å². The number of benzene rings is 3. The van der Waals surface area contributed by atoms with Gasteiger partial charge in [0.1, 0.15) is 0 Å². The van der Waals surface area contributed by atoms with E-state index in [4.69, 9.17) is 11.6 Å². The molecule has 0 radical (unpaired) electrons. The second-order valence-electron chi connectivity index (χ2n) is 8.25. The summed E-state index contributed by atoms with van der Waals surface area (Å²) in [7, 11) is 0. The molecule has 0 saturated carbocycles. The minimum Gasteiger partial charge on any atom is -0.325 e. The highest BCUT2D eigenvalue weighted by atomic mass is 35.5. The lowest BCUT2D eigenvalue weighted by Gasteiger charge is -2.12. The minimum atomic E-state index is -0.0900. The highest BCUT2D eigenvalue weighted by Gasteiger charge is 2.17. The molecule has 1 aromatic heterocycles. The first kappa shape index (κ1) is 24.0. The Morgan fingerprint density at radius 1 is 1.00 bits per heavy atom. The van der Waals surface area contributed by atoms with Crippen LogP contribution in [0.25, 0.3) is 17.1 Å². The van der Waals surface area contributed by atoms with Crippen LogP contribution in [0.3, 0.4) is 0 Å². The van der Waals surface area contributed by atoms with Crippen LogP contribution in [-0.4, -0.2) is 26.4 Å². The number of aromatic nitrogens is 3. The van der Waals surface area contributed by atoms with Gasteiger partial charge in [0.2, 0.25) is 5.91 Å². The van der Waals surface area contributed by atoms with Crippen molar-refractivity contribution in [3.8, 4) is 17.1 Å². The van der Waals surface area contributed by atoms with Gasteiger partial charge in [0.25, 0.3) is 0 Å². The summed E-state index contributed by atoms with van der Waals surface area (Å²) in [5.74, 6) is 1.33. The quantitative estimate of drug-likeness (QED) is 0.266. The summed E-state index contributed by atoms with van der Waals surface area (Å²) >= 11 is 7.42. The SMILES string of the molecule is CC[C@@H](C)c1ccc(NC(=O)CSc2nnc(-c3ccc(Cl)cc3)n2-c2ccc(C)cc2)cc1. The number of carbonyl (C=O) groups excluding carboxylic acids is 1. The number of aryl methyl sites for hydroxylation is 1. The molecule has 7 heteroatoms. The van der Waals surface area contributed by atoms with Gasteiger partial charge < -0.3 is 5.32 Å². The Morgan fingerprint density at radius 3 is 2.32 bits per heavy atom. The number of amides is 1. The molecule has 1 N–H and O–H groups in total. The van der Waals surface area contributed by atoms with Crippen molar-refractivity contribution in [1.29, 1.82) is 0 Å². The Hall–Kier alpha value is -3.09. The number of halogens is 1. The van der Waals surface area contributed by atoms with E-state index in [1.54, 1.807) is 0 Å². The van der Waals surface area contributed by atoms with Crippen molar-refractivity contribution >= 4 is 35.0 Å². The Morgan fingerprint density at radius 2 is 1.68 bits per heavy atom. The molecule has 34 heavy (non-hydrogen) atoms. The number of nitrogens with zero attached hydrogens (tertiary/aromatic N) is 3. The number of thioether (sulfide) groups is 1. The zero-order valence-electron chi connectivity index (χ0n) is 19.5. The molecular weight excluding hydrogens is 464 g/mol. The van der Waals surface area contributed by atoms with E-state index in [0.717, 1.165) is 28.9 Å². The largest absolute Gasteiger partial charge is 0.325 e. The summed E-state index contributed by atoms with van der Waals surface area (Å²) < 4.78 is 1.97. The topological polar surface area (TPSA) is 59.8 Å². The number of carbonyl (C=O) groups is 1. The fraction of sp³-hybridized carbons (Fsp3) is 0.222. The van der Waals surface area contributed by atoms with Gasteiger partial charge >= 0.3 is 0 Å². The zero-order valence-corrected chi connectivity index (χ0v) is 21.0. The minimum absolute atomic E-state index is 0.0900. The predicted octanol–water partition coefficient (Wildman–Crippen LogP) is 7.14. The van der Waals surface area contributed by atoms with E-state index in [-0.39, 0.29) is 11.7 Å². The molecule has 4 aromatic rings. The highest BCUT2D eigenvalue weighted by Crippen LogP contribution is 2.29. The zero-order chi connectivity index (χ0) is 24.1. The van der Waals surface area contributed by atoms with Crippen molar-refractivity contribution in [2.24, 2.45) is 0 Å². The lowest BCUT2D eigenvalue weighted by Crippen LogP contribution is -2.14. The normalized spacial score (nSPS) is 11.9. The molecule has 1 amide bonds. The molecule has 0 saturated heterocycles. The first-order valence-corrected chi connectivity index (χ1v) is 12.6. The summed E-state index contributed by atoms with van der Waals surface area (Å²) in [6.45, 7) is 6.42. The van der Waals surface area contributed by atoms with Gasteiger partial charge in [-0.3, -0.25) is 9.36 Å². The molecule has 0 spiro atoms. The lowest BCUT2D eigenvalue weighted by molar-refractivity contribution is -0.113. The van der Waals surface area contributed by atoms with Crippen LogP contribution in [-0.2, 0) is 4.79 Å². The van der Waals surface area contributed by atoms with Crippen molar-refractivity contribution in [2.45, 2.75) is 38.3 Å². The van der Waals surface area contributed by atoms with Gasteiger partial charge in [-0.2, -0.15) is 0 Å². The maximum atomic E-state index is 12.7. The second kappa shape index (κ2) is 10.9. The molecule has 0 aliphatic carbocycles.